The number of amides is 1. The van der Waals surface area contributed by atoms with Crippen molar-refractivity contribution in [3.63, 3.8) is 0 Å². The molecule has 102 valence electrons. The van der Waals surface area contributed by atoms with Gasteiger partial charge in [0.2, 0.25) is 5.91 Å². The quantitative estimate of drug-likeness (QED) is 0.843. The van der Waals surface area contributed by atoms with E-state index in [9.17, 15) is 9.00 Å². The molecule has 1 atom stereocenters. The highest BCUT2D eigenvalue weighted by atomic mass is 32.2. The highest BCUT2D eigenvalue weighted by Gasteiger charge is 2.08. The number of fused-ring (bicyclic) bond motifs is 1. The molecule has 4 nitrogen and oxygen atoms in total. The summed E-state index contributed by atoms with van der Waals surface area (Å²) in [6, 6.07) is 7.91. The van der Waals surface area contributed by atoms with Gasteiger partial charge in [-0.2, -0.15) is 0 Å². The average molecular weight is 278 g/mol. The molecule has 2 rings (SSSR count). The van der Waals surface area contributed by atoms with Crippen molar-refractivity contribution in [2.45, 2.75) is 13.3 Å². The number of hydrogen-bond donors (Lipinski definition) is 2. The summed E-state index contributed by atoms with van der Waals surface area (Å²) < 4.78 is 11.2. The molecule has 0 aliphatic rings. The van der Waals surface area contributed by atoms with E-state index in [1.807, 2.05) is 37.4 Å². The maximum Gasteiger partial charge on any atom is 0.224 e. The van der Waals surface area contributed by atoms with E-state index in [0.717, 1.165) is 16.5 Å². The average Bonchev–Trinajstić information content (AvgIpc) is 2.82. The predicted octanol–water partition coefficient (Wildman–Crippen LogP) is 1.60. The molecule has 0 aliphatic carbocycles. The fourth-order valence-electron chi connectivity index (χ4n) is 1.96. The lowest BCUT2D eigenvalue weighted by Crippen LogP contribution is -2.29. The molecule has 1 amide bonds. The number of carbonyl (C=O) groups excluding carboxylic acids is 1. The van der Waals surface area contributed by atoms with Gasteiger partial charge in [-0.3, -0.25) is 9.00 Å². The Morgan fingerprint density at radius 1 is 1.37 bits per heavy atom. The SMILES string of the molecule is CCS(=O)CCNC(=O)Cc1c[nH]c2ccccc12. The summed E-state index contributed by atoms with van der Waals surface area (Å²) in [7, 11) is -0.825. The summed E-state index contributed by atoms with van der Waals surface area (Å²) in [5.41, 5.74) is 2.03. The van der Waals surface area contributed by atoms with Crippen LogP contribution in [-0.4, -0.2) is 33.2 Å². The summed E-state index contributed by atoms with van der Waals surface area (Å²) in [5, 5.41) is 3.88. The van der Waals surface area contributed by atoms with Gasteiger partial charge in [0.05, 0.1) is 6.42 Å². The van der Waals surface area contributed by atoms with Crippen molar-refractivity contribution < 1.29 is 9.00 Å². The third-order valence-corrected chi connectivity index (χ3v) is 4.30. The molecule has 0 aliphatic heterocycles. The van der Waals surface area contributed by atoms with Crippen LogP contribution < -0.4 is 5.32 Å². The minimum Gasteiger partial charge on any atom is -0.361 e. The second-order valence-corrected chi connectivity index (χ2v) is 6.18. The first-order chi connectivity index (χ1) is 9.20. The third-order valence-electron chi connectivity index (χ3n) is 3.00. The summed E-state index contributed by atoms with van der Waals surface area (Å²) >= 11 is 0. The summed E-state index contributed by atoms with van der Waals surface area (Å²) in [6.45, 7) is 2.35. The number of rotatable bonds is 6. The standard InChI is InChI=1S/C14H18N2O2S/c1-2-19(18)8-7-15-14(17)9-11-10-16-13-6-4-3-5-12(11)13/h3-6,10,16H,2,7-9H2,1H3,(H,15,17). The fraction of sp³-hybridized carbons (Fsp3) is 0.357. The second kappa shape index (κ2) is 6.52. The van der Waals surface area contributed by atoms with Crippen LogP contribution in [0.4, 0.5) is 0 Å². The molecule has 1 heterocycles. The van der Waals surface area contributed by atoms with Gasteiger partial charge in [-0.15, -0.1) is 0 Å². The van der Waals surface area contributed by atoms with Gasteiger partial charge in [0.1, 0.15) is 0 Å². The Morgan fingerprint density at radius 2 is 2.16 bits per heavy atom. The Balaban J connectivity index is 1.90. The van der Waals surface area contributed by atoms with Gasteiger partial charge in [0.15, 0.2) is 0 Å². The molecule has 0 saturated carbocycles. The first-order valence-corrected chi connectivity index (χ1v) is 7.86. The van der Waals surface area contributed by atoms with E-state index in [1.54, 1.807) is 0 Å². The van der Waals surface area contributed by atoms with Crippen LogP contribution in [0.1, 0.15) is 12.5 Å². The molecule has 1 unspecified atom stereocenters. The summed E-state index contributed by atoms with van der Waals surface area (Å²) in [4.78, 5) is 14.9. The molecule has 2 N–H and O–H groups in total. The number of carbonyl (C=O) groups is 1. The number of para-hydroxylation sites is 1. The molecule has 1 aromatic carbocycles. The van der Waals surface area contributed by atoms with Gasteiger partial charge in [-0.05, 0) is 11.6 Å². The van der Waals surface area contributed by atoms with Gasteiger partial charge in [0, 0.05) is 45.9 Å². The van der Waals surface area contributed by atoms with Gasteiger partial charge in [-0.25, -0.2) is 0 Å². The lowest BCUT2D eigenvalue weighted by atomic mass is 10.1. The molecule has 19 heavy (non-hydrogen) atoms. The summed E-state index contributed by atoms with van der Waals surface area (Å²) in [5.74, 6) is 1.13. The number of hydrogen-bond acceptors (Lipinski definition) is 2. The van der Waals surface area contributed by atoms with Crippen LogP contribution in [0.3, 0.4) is 0 Å². The number of nitrogens with one attached hydrogen (secondary N) is 2. The van der Waals surface area contributed by atoms with Crippen LogP contribution in [0.25, 0.3) is 10.9 Å². The number of H-pyrrole nitrogens is 1. The lowest BCUT2D eigenvalue weighted by Gasteiger charge is -2.04. The maximum atomic E-state index is 11.8. The fourth-order valence-corrected chi connectivity index (χ4v) is 2.58. The number of aromatic amines is 1. The van der Waals surface area contributed by atoms with E-state index in [2.05, 4.69) is 10.3 Å². The zero-order valence-corrected chi connectivity index (χ0v) is 11.8. The van der Waals surface area contributed by atoms with E-state index >= 15 is 0 Å². The first kappa shape index (κ1) is 13.8. The van der Waals surface area contributed by atoms with E-state index < -0.39 is 10.8 Å². The van der Waals surface area contributed by atoms with E-state index in [-0.39, 0.29) is 5.91 Å². The highest BCUT2D eigenvalue weighted by molar-refractivity contribution is 7.84. The predicted molar refractivity (Wildman–Crippen MR) is 78.6 cm³/mol. The van der Waals surface area contributed by atoms with Gasteiger partial charge in [0.25, 0.3) is 0 Å². The van der Waals surface area contributed by atoms with E-state index in [4.69, 9.17) is 0 Å². The van der Waals surface area contributed by atoms with Crippen LogP contribution in [0.5, 0.6) is 0 Å². The minimum atomic E-state index is -0.825. The zero-order chi connectivity index (χ0) is 13.7. The van der Waals surface area contributed by atoms with Crippen molar-refractivity contribution in [1.82, 2.24) is 10.3 Å². The van der Waals surface area contributed by atoms with Crippen molar-refractivity contribution in [3.8, 4) is 0 Å². The number of aromatic nitrogens is 1. The molecule has 0 radical (unpaired) electrons. The van der Waals surface area contributed by atoms with Crippen LogP contribution in [0.15, 0.2) is 30.5 Å². The second-order valence-electron chi connectivity index (χ2n) is 4.32. The Bertz CT molecular complexity index is 592. The molecule has 2 aromatic rings. The van der Waals surface area contributed by atoms with Crippen molar-refractivity contribution in [1.29, 1.82) is 0 Å². The molecule has 5 heteroatoms. The Kier molecular flexibility index (Phi) is 4.74. The van der Waals surface area contributed by atoms with E-state index in [1.165, 1.54) is 0 Å². The Morgan fingerprint density at radius 3 is 2.95 bits per heavy atom. The normalized spacial score (nSPS) is 12.5. The molecule has 0 bridgehead atoms. The molecule has 0 saturated heterocycles. The molecule has 0 spiro atoms. The lowest BCUT2D eigenvalue weighted by molar-refractivity contribution is -0.120. The Labute approximate surface area is 115 Å². The van der Waals surface area contributed by atoms with Crippen LogP contribution >= 0.6 is 0 Å². The van der Waals surface area contributed by atoms with Crippen molar-refractivity contribution >= 4 is 27.6 Å². The molecule has 0 fully saturated rings. The van der Waals surface area contributed by atoms with Crippen LogP contribution in [0.2, 0.25) is 0 Å². The summed E-state index contributed by atoms with van der Waals surface area (Å²) in [6.07, 6.45) is 2.22. The zero-order valence-electron chi connectivity index (χ0n) is 10.9. The van der Waals surface area contributed by atoms with Crippen LogP contribution in [-0.2, 0) is 22.0 Å². The topological polar surface area (TPSA) is 62.0 Å². The monoisotopic (exact) mass is 278 g/mol. The smallest absolute Gasteiger partial charge is 0.224 e. The minimum absolute atomic E-state index is 0.0298. The van der Waals surface area contributed by atoms with Crippen molar-refractivity contribution in [2.24, 2.45) is 0 Å². The van der Waals surface area contributed by atoms with Crippen LogP contribution in [0, 0.1) is 0 Å². The van der Waals surface area contributed by atoms with E-state index in [0.29, 0.717) is 24.5 Å². The Hall–Kier alpha value is -1.62. The van der Waals surface area contributed by atoms with Crippen molar-refractivity contribution in [2.75, 3.05) is 18.1 Å². The maximum absolute atomic E-state index is 11.8. The van der Waals surface area contributed by atoms with Crippen molar-refractivity contribution in [3.05, 3.63) is 36.0 Å². The van der Waals surface area contributed by atoms with Gasteiger partial charge in [-0.1, -0.05) is 25.1 Å². The largest absolute Gasteiger partial charge is 0.361 e. The molecular weight excluding hydrogens is 260 g/mol. The van der Waals surface area contributed by atoms with Gasteiger partial charge >= 0.3 is 0 Å². The van der Waals surface area contributed by atoms with Gasteiger partial charge < -0.3 is 10.3 Å². The first-order valence-electron chi connectivity index (χ1n) is 6.37. The molecule has 1 aromatic heterocycles. The third kappa shape index (κ3) is 3.67. The number of benzene rings is 1. The highest BCUT2D eigenvalue weighted by Crippen LogP contribution is 2.17. The molecular formula is C14H18N2O2S.